The third-order valence-electron chi connectivity index (χ3n) is 2.32. The number of amides is 2. The predicted octanol–water partition coefficient (Wildman–Crippen LogP) is 0.607. The molecule has 0 aliphatic carbocycles. The topological polar surface area (TPSA) is 151 Å². The number of nitrogen functional groups attached to an aromatic ring is 1. The van der Waals surface area contributed by atoms with Crippen molar-refractivity contribution in [1.82, 2.24) is 5.32 Å². The molecule has 0 aromatic heterocycles. The second kappa shape index (κ2) is 7.57. The van der Waals surface area contributed by atoms with Crippen molar-refractivity contribution in [2.24, 2.45) is 0 Å². The number of nitrogens with two attached hydrogens (primary N) is 1. The fraction of sp³-hybridized carbons (Fsp3) is 0.250. The SMILES string of the molecule is CCOC(=O)NC(=O)COC(=O)c1cc([N+](=O)[O-])ccc1N. The first kappa shape index (κ1) is 16.9. The van der Waals surface area contributed by atoms with Crippen LogP contribution in [-0.4, -0.2) is 36.1 Å². The lowest BCUT2D eigenvalue weighted by atomic mass is 10.1. The molecule has 1 aromatic rings. The number of hydrogen-bond donors (Lipinski definition) is 2. The van der Waals surface area contributed by atoms with Gasteiger partial charge >= 0.3 is 12.1 Å². The number of nitrogens with zero attached hydrogens (tertiary/aromatic N) is 1. The highest BCUT2D eigenvalue weighted by Gasteiger charge is 2.18. The van der Waals surface area contributed by atoms with Gasteiger partial charge in [-0.2, -0.15) is 0 Å². The van der Waals surface area contributed by atoms with E-state index in [1.165, 1.54) is 6.07 Å². The Bertz CT molecular complexity index is 615. The zero-order valence-electron chi connectivity index (χ0n) is 11.5. The molecule has 22 heavy (non-hydrogen) atoms. The molecule has 0 spiro atoms. The number of alkyl carbamates (subject to hydrolysis) is 1. The van der Waals surface area contributed by atoms with Crippen LogP contribution in [0.15, 0.2) is 18.2 Å². The summed E-state index contributed by atoms with van der Waals surface area (Å²) in [5.74, 6) is -1.93. The Morgan fingerprint density at radius 3 is 2.59 bits per heavy atom. The number of ether oxygens (including phenoxy) is 2. The molecular weight excluding hydrogens is 298 g/mol. The average Bonchev–Trinajstić information content (AvgIpc) is 2.45. The quantitative estimate of drug-likeness (QED) is 0.347. The number of non-ortho nitro benzene ring substituents is 1. The normalized spacial score (nSPS) is 9.68. The van der Waals surface area contributed by atoms with Gasteiger partial charge in [-0.1, -0.05) is 0 Å². The first-order chi connectivity index (χ1) is 10.3. The van der Waals surface area contributed by atoms with E-state index in [2.05, 4.69) is 9.47 Å². The zero-order valence-corrected chi connectivity index (χ0v) is 11.5. The second-order valence-electron chi connectivity index (χ2n) is 3.87. The van der Waals surface area contributed by atoms with Crippen LogP contribution in [0.4, 0.5) is 16.2 Å². The fourth-order valence-electron chi connectivity index (χ4n) is 1.36. The monoisotopic (exact) mass is 311 g/mol. The van der Waals surface area contributed by atoms with Gasteiger partial charge in [-0.15, -0.1) is 0 Å². The number of carbonyl (C=O) groups excluding carboxylic acids is 3. The van der Waals surface area contributed by atoms with Gasteiger partial charge in [0.25, 0.3) is 11.6 Å². The van der Waals surface area contributed by atoms with Gasteiger partial charge in [0, 0.05) is 17.8 Å². The zero-order chi connectivity index (χ0) is 16.7. The van der Waals surface area contributed by atoms with E-state index in [1.54, 1.807) is 6.92 Å². The second-order valence-corrected chi connectivity index (χ2v) is 3.87. The summed E-state index contributed by atoms with van der Waals surface area (Å²) in [7, 11) is 0. The van der Waals surface area contributed by atoms with Crippen molar-refractivity contribution < 1.29 is 28.8 Å². The van der Waals surface area contributed by atoms with Crippen molar-refractivity contribution in [3.8, 4) is 0 Å². The van der Waals surface area contributed by atoms with Crippen LogP contribution in [-0.2, 0) is 14.3 Å². The number of nitro groups is 1. The van der Waals surface area contributed by atoms with Gasteiger partial charge < -0.3 is 15.2 Å². The first-order valence-electron chi connectivity index (χ1n) is 6.02. The maximum Gasteiger partial charge on any atom is 0.413 e. The summed E-state index contributed by atoms with van der Waals surface area (Å²) in [5.41, 5.74) is 4.88. The number of nitro benzene ring substituents is 1. The van der Waals surface area contributed by atoms with Gasteiger partial charge in [0.05, 0.1) is 17.1 Å². The van der Waals surface area contributed by atoms with E-state index < -0.39 is 29.5 Å². The number of hydrogen-bond acceptors (Lipinski definition) is 8. The highest BCUT2D eigenvalue weighted by Crippen LogP contribution is 2.20. The van der Waals surface area contributed by atoms with Crippen LogP contribution >= 0.6 is 0 Å². The van der Waals surface area contributed by atoms with Crippen LogP contribution in [0.25, 0.3) is 0 Å². The molecule has 1 rings (SSSR count). The maximum atomic E-state index is 11.7. The molecule has 0 radical (unpaired) electrons. The van der Waals surface area contributed by atoms with Crippen molar-refractivity contribution in [1.29, 1.82) is 0 Å². The lowest BCUT2D eigenvalue weighted by Crippen LogP contribution is -2.34. The van der Waals surface area contributed by atoms with Crippen molar-refractivity contribution in [2.75, 3.05) is 18.9 Å². The van der Waals surface area contributed by atoms with Gasteiger partial charge in [0.1, 0.15) is 0 Å². The van der Waals surface area contributed by atoms with E-state index >= 15 is 0 Å². The summed E-state index contributed by atoms with van der Waals surface area (Å²) in [6.07, 6.45) is -0.974. The number of benzene rings is 1. The Balaban J connectivity index is 2.66. The molecule has 10 nitrogen and oxygen atoms in total. The Kier molecular flexibility index (Phi) is 5.81. The van der Waals surface area contributed by atoms with Gasteiger partial charge in [0.15, 0.2) is 6.61 Å². The van der Waals surface area contributed by atoms with Gasteiger partial charge in [-0.25, -0.2) is 9.59 Å². The summed E-state index contributed by atoms with van der Waals surface area (Å²) in [5, 5.41) is 12.4. The Morgan fingerprint density at radius 2 is 2.00 bits per heavy atom. The average molecular weight is 311 g/mol. The van der Waals surface area contributed by atoms with Crippen LogP contribution in [0.1, 0.15) is 17.3 Å². The molecule has 2 amide bonds. The molecule has 1 aromatic carbocycles. The van der Waals surface area contributed by atoms with Crippen LogP contribution in [0.2, 0.25) is 0 Å². The molecule has 10 heteroatoms. The minimum Gasteiger partial charge on any atom is -0.452 e. The number of carbonyl (C=O) groups is 3. The van der Waals surface area contributed by atoms with Crippen LogP contribution < -0.4 is 11.1 Å². The standard InChI is InChI=1S/C12H13N3O7/c1-2-21-12(18)14-10(16)6-22-11(17)8-5-7(15(19)20)3-4-9(8)13/h3-5H,2,6,13H2,1H3,(H,14,16,18). The highest BCUT2D eigenvalue weighted by molar-refractivity contribution is 5.98. The molecule has 0 saturated carbocycles. The molecule has 118 valence electrons. The molecule has 3 N–H and O–H groups in total. The largest absolute Gasteiger partial charge is 0.452 e. The van der Waals surface area contributed by atoms with E-state index in [0.29, 0.717) is 0 Å². The molecule has 0 bridgehead atoms. The molecule has 0 aliphatic heterocycles. The number of esters is 1. The Hall–Kier alpha value is -3.17. The summed E-state index contributed by atoms with van der Waals surface area (Å²) in [4.78, 5) is 43.9. The van der Waals surface area contributed by atoms with Crippen LogP contribution in [0.5, 0.6) is 0 Å². The van der Waals surface area contributed by atoms with Crippen molar-refractivity contribution in [2.45, 2.75) is 6.92 Å². The maximum absolute atomic E-state index is 11.7. The predicted molar refractivity (Wildman–Crippen MR) is 73.0 cm³/mol. The first-order valence-corrected chi connectivity index (χ1v) is 6.02. The van der Waals surface area contributed by atoms with Crippen molar-refractivity contribution in [3.63, 3.8) is 0 Å². The highest BCUT2D eigenvalue weighted by atomic mass is 16.6. The summed E-state index contributed by atoms with van der Waals surface area (Å²) in [6, 6.07) is 3.23. The van der Waals surface area contributed by atoms with Gasteiger partial charge in [-0.3, -0.25) is 20.2 Å². The third kappa shape index (κ3) is 4.74. The molecule has 0 aliphatic rings. The number of rotatable bonds is 5. The van der Waals surface area contributed by atoms with E-state index in [-0.39, 0.29) is 23.5 Å². The summed E-state index contributed by atoms with van der Waals surface area (Å²) >= 11 is 0. The lowest BCUT2D eigenvalue weighted by Gasteiger charge is -2.07. The number of nitrogens with one attached hydrogen (secondary N) is 1. The molecule has 0 saturated heterocycles. The molecular formula is C12H13N3O7. The van der Waals surface area contributed by atoms with E-state index in [0.717, 1.165) is 12.1 Å². The number of anilines is 1. The van der Waals surface area contributed by atoms with Gasteiger partial charge in [0.2, 0.25) is 0 Å². The van der Waals surface area contributed by atoms with Crippen LogP contribution in [0.3, 0.4) is 0 Å². The lowest BCUT2D eigenvalue weighted by molar-refractivity contribution is -0.384. The van der Waals surface area contributed by atoms with E-state index in [1.807, 2.05) is 5.32 Å². The minimum atomic E-state index is -1.03. The number of imide groups is 1. The van der Waals surface area contributed by atoms with Gasteiger partial charge in [-0.05, 0) is 13.0 Å². The van der Waals surface area contributed by atoms with Crippen molar-refractivity contribution >= 4 is 29.3 Å². The summed E-state index contributed by atoms with van der Waals surface area (Å²) < 4.78 is 9.08. The van der Waals surface area contributed by atoms with Crippen LogP contribution in [0, 0.1) is 10.1 Å². The van der Waals surface area contributed by atoms with Crippen molar-refractivity contribution in [3.05, 3.63) is 33.9 Å². The fourth-order valence-corrected chi connectivity index (χ4v) is 1.36. The molecule has 0 unspecified atom stereocenters. The summed E-state index contributed by atoms with van der Waals surface area (Å²) in [6.45, 7) is 0.859. The van der Waals surface area contributed by atoms with E-state index in [4.69, 9.17) is 5.73 Å². The smallest absolute Gasteiger partial charge is 0.413 e. The molecule has 0 atom stereocenters. The Morgan fingerprint density at radius 1 is 1.32 bits per heavy atom. The minimum absolute atomic E-state index is 0.0404. The molecule has 0 heterocycles. The molecule has 0 fully saturated rings. The Labute approximate surface area is 124 Å². The van der Waals surface area contributed by atoms with E-state index in [9.17, 15) is 24.5 Å². The third-order valence-corrected chi connectivity index (χ3v) is 2.32.